The predicted molar refractivity (Wildman–Crippen MR) is 98.3 cm³/mol. The molecule has 0 spiro atoms. The molecule has 0 radical (unpaired) electrons. The number of hydrogen-bond acceptors (Lipinski definition) is 1. The standard InChI is InChI=1S/C22H17NO/c24-22(23-18-14-8-3-9-15-18)21-19(16-10-4-1-5-11-16)20(21)17-12-6-2-7-13-17/h1-15,21H,(H,23,24). The number of anilines is 1. The first-order valence-corrected chi connectivity index (χ1v) is 8.05. The third-order valence-electron chi connectivity index (χ3n) is 4.26. The number of benzene rings is 3. The third kappa shape index (κ3) is 2.74. The van der Waals surface area contributed by atoms with E-state index >= 15 is 0 Å². The van der Waals surface area contributed by atoms with Crippen LogP contribution in [0.2, 0.25) is 0 Å². The third-order valence-corrected chi connectivity index (χ3v) is 4.26. The van der Waals surface area contributed by atoms with Crippen LogP contribution in [-0.2, 0) is 4.79 Å². The molecule has 2 nitrogen and oxygen atoms in total. The van der Waals surface area contributed by atoms with Crippen LogP contribution in [0.5, 0.6) is 0 Å². The monoisotopic (exact) mass is 311 g/mol. The molecule has 1 aliphatic carbocycles. The fourth-order valence-corrected chi connectivity index (χ4v) is 3.10. The lowest BCUT2D eigenvalue weighted by molar-refractivity contribution is -0.116. The lowest BCUT2D eigenvalue weighted by atomic mass is 10.1. The molecule has 1 N–H and O–H groups in total. The van der Waals surface area contributed by atoms with E-state index in [1.807, 2.05) is 66.7 Å². The van der Waals surface area contributed by atoms with Gasteiger partial charge in [0, 0.05) is 5.69 Å². The maximum atomic E-state index is 12.8. The van der Waals surface area contributed by atoms with Crippen LogP contribution in [0.1, 0.15) is 11.1 Å². The predicted octanol–water partition coefficient (Wildman–Crippen LogP) is 4.87. The highest BCUT2D eigenvalue weighted by atomic mass is 16.2. The van der Waals surface area contributed by atoms with Gasteiger partial charge in [-0.25, -0.2) is 0 Å². The minimum atomic E-state index is -0.185. The lowest BCUT2D eigenvalue weighted by Crippen LogP contribution is -2.16. The molecular weight excluding hydrogens is 294 g/mol. The largest absolute Gasteiger partial charge is 0.325 e. The maximum absolute atomic E-state index is 12.8. The zero-order valence-electron chi connectivity index (χ0n) is 13.1. The van der Waals surface area contributed by atoms with E-state index in [1.54, 1.807) is 0 Å². The molecule has 3 aromatic carbocycles. The Morgan fingerprint density at radius 1 is 0.625 bits per heavy atom. The molecule has 1 amide bonds. The molecule has 0 aromatic heterocycles. The minimum absolute atomic E-state index is 0.0268. The molecule has 0 unspecified atom stereocenters. The quantitative estimate of drug-likeness (QED) is 0.732. The van der Waals surface area contributed by atoms with Crippen LogP contribution in [0.3, 0.4) is 0 Å². The van der Waals surface area contributed by atoms with Gasteiger partial charge in [-0.1, -0.05) is 78.9 Å². The number of hydrogen-bond donors (Lipinski definition) is 1. The lowest BCUT2D eigenvalue weighted by Gasteiger charge is -2.06. The first kappa shape index (κ1) is 14.5. The normalized spacial score (nSPS) is 13.7. The van der Waals surface area contributed by atoms with Crippen LogP contribution in [0.25, 0.3) is 11.1 Å². The Morgan fingerprint density at radius 2 is 1.04 bits per heavy atom. The highest BCUT2D eigenvalue weighted by molar-refractivity contribution is 6.25. The Labute approximate surface area is 141 Å². The average molecular weight is 311 g/mol. The Morgan fingerprint density at radius 3 is 1.50 bits per heavy atom. The van der Waals surface area contributed by atoms with Gasteiger partial charge in [0.15, 0.2) is 0 Å². The molecule has 116 valence electrons. The molecule has 0 saturated carbocycles. The van der Waals surface area contributed by atoms with Gasteiger partial charge in [0.2, 0.25) is 5.91 Å². The number of nitrogens with one attached hydrogen (secondary N) is 1. The molecule has 0 aliphatic heterocycles. The highest BCUT2D eigenvalue weighted by Crippen LogP contribution is 2.53. The van der Waals surface area contributed by atoms with E-state index in [0.717, 1.165) is 28.0 Å². The Kier molecular flexibility index (Phi) is 3.72. The van der Waals surface area contributed by atoms with Crippen LogP contribution in [0.15, 0.2) is 91.0 Å². The van der Waals surface area contributed by atoms with Crippen molar-refractivity contribution in [3.63, 3.8) is 0 Å². The second-order valence-electron chi connectivity index (χ2n) is 5.85. The van der Waals surface area contributed by atoms with Gasteiger partial charge in [0.05, 0.1) is 5.92 Å². The number of amides is 1. The van der Waals surface area contributed by atoms with Crippen molar-refractivity contribution >= 4 is 22.7 Å². The zero-order valence-corrected chi connectivity index (χ0v) is 13.1. The van der Waals surface area contributed by atoms with Gasteiger partial charge in [-0.2, -0.15) is 0 Å². The topological polar surface area (TPSA) is 29.1 Å². The van der Waals surface area contributed by atoms with Crippen molar-refractivity contribution in [1.82, 2.24) is 0 Å². The van der Waals surface area contributed by atoms with Crippen molar-refractivity contribution in [2.45, 2.75) is 0 Å². The number of para-hydroxylation sites is 1. The summed E-state index contributed by atoms with van der Waals surface area (Å²) in [5.74, 6) is -0.158. The summed E-state index contributed by atoms with van der Waals surface area (Å²) in [5, 5.41) is 3.02. The van der Waals surface area contributed by atoms with Gasteiger partial charge in [0.1, 0.15) is 0 Å². The number of carbonyl (C=O) groups is 1. The zero-order chi connectivity index (χ0) is 16.4. The van der Waals surface area contributed by atoms with E-state index in [-0.39, 0.29) is 11.8 Å². The smallest absolute Gasteiger partial charge is 0.236 e. The Balaban J connectivity index is 1.65. The van der Waals surface area contributed by atoms with Crippen molar-refractivity contribution < 1.29 is 4.79 Å². The van der Waals surface area contributed by atoms with E-state index in [2.05, 4.69) is 29.6 Å². The first-order valence-electron chi connectivity index (χ1n) is 8.05. The summed E-state index contributed by atoms with van der Waals surface area (Å²) in [7, 11) is 0. The summed E-state index contributed by atoms with van der Waals surface area (Å²) in [6.45, 7) is 0. The summed E-state index contributed by atoms with van der Waals surface area (Å²) in [5.41, 5.74) is 5.30. The molecule has 0 heterocycles. The van der Waals surface area contributed by atoms with Crippen molar-refractivity contribution in [2.24, 2.45) is 5.92 Å². The molecular formula is C22H17NO. The summed E-state index contributed by atoms with van der Waals surface area (Å²) >= 11 is 0. The van der Waals surface area contributed by atoms with Gasteiger partial charge in [-0.15, -0.1) is 0 Å². The van der Waals surface area contributed by atoms with Crippen LogP contribution in [0.4, 0.5) is 5.69 Å². The average Bonchev–Trinajstić information content (AvgIpc) is 3.40. The molecule has 0 saturated heterocycles. The summed E-state index contributed by atoms with van der Waals surface area (Å²) in [6, 6.07) is 29.9. The molecule has 0 bridgehead atoms. The molecule has 4 rings (SSSR count). The van der Waals surface area contributed by atoms with Crippen molar-refractivity contribution in [2.75, 3.05) is 5.32 Å². The highest BCUT2D eigenvalue weighted by Gasteiger charge is 2.43. The van der Waals surface area contributed by atoms with Gasteiger partial charge >= 0.3 is 0 Å². The van der Waals surface area contributed by atoms with Crippen LogP contribution in [-0.4, -0.2) is 5.91 Å². The maximum Gasteiger partial charge on any atom is 0.236 e. The summed E-state index contributed by atoms with van der Waals surface area (Å²) < 4.78 is 0. The molecule has 2 heteroatoms. The second-order valence-corrected chi connectivity index (χ2v) is 5.85. The molecule has 0 atom stereocenters. The van der Waals surface area contributed by atoms with E-state index in [0.29, 0.717) is 0 Å². The first-order chi connectivity index (χ1) is 11.8. The molecule has 24 heavy (non-hydrogen) atoms. The second kappa shape index (κ2) is 6.17. The van der Waals surface area contributed by atoms with Crippen molar-refractivity contribution in [1.29, 1.82) is 0 Å². The van der Waals surface area contributed by atoms with E-state index in [1.165, 1.54) is 0 Å². The van der Waals surface area contributed by atoms with Crippen LogP contribution < -0.4 is 5.32 Å². The van der Waals surface area contributed by atoms with Gasteiger partial charge in [-0.05, 0) is 34.4 Å². The van der Waals surface area contributed by atoms with Crippen molar-refractivity contribution in [3.8, 4) is 0 Å². The van der Waals surface area contributed by atoms with Gasteiger partial charge in [-0.3, -0.25) is 4.79 Å². The van der Waals surface area contributed by atoms with Crippen LogP contribution in [0, 0.1) is 5.92 Å². The molecule has 3 aromatic rings. The van der Waals surface area contributed by atoms with E-state index in [9.17, 15) is 4.79 Å². The van der Waals surface area contributed by atoms with Gasteiger partial charge in [0.25, 0.3) is 0 Å². The van der Waals surface area contributed by atoms with Crippen molar-refractivity contribution in [3.05, 3.63) is 102 Å². The van der Waals surface area contributed by atoms with Gasteiger partial charge < -0.3 is 5.32 Å². The minimum Gasteiger partial charge on any atom is -0.325 e. The fourth-order valence-electron chi connectivity index (χ4n) is 3.10. The van der Waals surface area contributed by atoms with E-state index in [4.69, 9.17) is 0 Å². The summed E-state index contributed by atoms with van der Waals surface area (Å²) in [6.07, 6.45) is 0. The Hall–Kier alpha value is -3.13. The number of carbonyl (C=O) groups excluding carboxylic acids is 1. The fraction of sp³-hybridized carbons (Fsp3) is 0.0455. The SMILES string of the molecule is O=C(Nc1ccccc1)C1C(c2ccccc2)=C1c1ccccc1. The molecule has 1 aliphatic rings. The van der Waals surface area contributed by atoms with E-state index < -0.39 is 0 Å². The summed E-state index contributed by atoms with van der Waals surface area (Å²) in [4.78, 5) is 12.8. The molecule has 0 fully saturated rings. The number of rotatable bonds is 4. The van der Waals surface area contributed by atoms with Crippen LogP contribution >= 0.6 is 0 Å². The Bertz CT molecular complexity index is 834.